The van der Waals surface area contributed by atoms with Crippen molar-refractivity contribution < 1.29 is 4.79 Å². The van der Waals surface area contributed by atoms with Gasteiger partial charge in [0.2, 0.25) is 5.91 Å². The summed E-state index contributed by atoms with van der Waals surface area (Å²) in [5.74, 6) is 0.272. The van der Waals surface area contributed by atoms with Crippen molar-refractivity contribution in [2.45, 2.75) is 58.8 Å². The highest BCUT2D eigenvalue weighted by Gasteiger charge is 2.56. The van der Waals surface area contributed by atoms with Crippen LogP contribution < -0.4 is 5.32 Å². The number of hydrogen-bond donors (Lipinski definition) is 1. The number of nitrogens with zero attached hydrogens (tertiary/aromatic N) is 1. The van der Waals surface area contributed by atoms with Gasteiger partial charge in [0.05, 0.1) is 6.04 Å². The van der Waals surface area contributed by atoms with Crippen molar-refractivity contribution in [2.24, 2.45) is 5.41 Å². The minimum Gasteiger partial charge on any atom is -0.318 e. The van der Waals surface area contributed by atoms with Crippen LogP contribution in [-0.4, -0.2) is 22.9 Å². The molecule has 0 radical (unpaired) electrons. The van der Waals surface area contributed by atoms with Crippen LogP contribution in [0.25, 0.3) is 0 Å². The molecule has 1 aromatic carbocycles. The molecule has 1 saturated heterocycles. The lowest BCUT2D eigenvalue weighted by Gasteiger charge is -2.26. The minimum atomic E-state index is -0.0299. The monoisotopic (exact) mass is 272 g/mol. The lowest BCUT2D eigenvalue weighted by Crippen LogP contribution is -2.35. The first kappa shape index (κ1) is 13.6. The number of aryl methyl sites for hydroxylation is 1. The van der Waals surface area contributed by atoms with E-state index in [-0.39, 0.29) is 23.5 Å². The lowest BCUT2D eigenvalue weighted by molar-refractivity contribution is -0.131. The van der Waals surface area contributed by atoms with Crippen LogP contribution in [0.2, 0.25) is 0 Å². The van der Waals surface area contributed by atoms with Crippen molar-refractivity contribution in [1.29, 1.82) is 0 Å². The van der Waals surface area contributed by atoms with E-state index in [1.807, 2.05) is 0 Å². The van der Waals surface area contributed by atoms with Gasteiger partial charge in [-0.2, -0.15) is 0 Å². The lowest BCUT2D eigenvalue weighted by atomic mass is 10.1. The Labute approximate surface area is 121 Å². The Kier molecular flexibility index (Phi) is 3.13. The van der Waals surface area contributed by atoms with Gasteiger partial charge in [0.15, 0.2) is 0 Å². The van der Waals surface area contributed by atoms with Gasteiger partial charge in [-0.15, -0.1) is 0 Å². The van der Waals surface area contributed by atoms with E-state index in [0.29, 0.717) is 6.04 Å². The molecule has 2 fully saturated rings. The molecule has 1 N–H and O–H groups in total. The molecule has 3 heteroatoms. The molecular formula is C17H24N2O. The molecule has 1 aliphatic carbocycles. The summed E-state index contributed by atoms with van der Waals surface area (Å²) >= 11 is 0. The predicted molar refractivity (Wildman–Crippen MR) is 80.2 cm³/mol. The number of nitrogens with one attached hydrogen (secondary N) is 1. The number of carbonyl (C=O) groups is 1. The molecule has 0 bridgehead atoms. The molecule has 20 heavy (non-hydrogen) atoms. The Hall–Kier alpha value is -1.35. The normalized spacial score (nSPS) is 31.7. The fourth-order valence-corrected chi connectivity index (χ4v) is 3.20. The maximum atomic E-state index is 12.6. The number of hydrogen-bond acceptors (Lipinski definition) is 2. The minimum absolute atomic E-state index is 0.0299. The second kappa shape index (κ2) is 4.59. The standard InChI is InChI=1S/C17H24N2O/c1-5-13-16(20)19(14-10-17(14,3)4)15(18-13)12-8-6-11(2)7-9-12/h6-9,13-15,18H,5,10H2,1-4H3. The van der Waals surface area contributed by atoms with E-state index in [0.717, 1.165) is 12.8 Å². The van der Waals surface area contributed by atoms with Gasteiger partial charge in [0.25, 0.3) is 0 Å². The van der Waals surface area contributed by atoms with Crippen LogP contribution in [0.1, 0.15) is 50.9 Å². The summed E-state index contributed by atoms with van der Waals surface area (Å²) in [6.07, 6.45) is 2.00. The highest BCUT2D eigenvalue weighted by molar-refractivity contribution is 5.85. The third-order valence-electron chi connectivity index (χ3n) is 4.79. The molecule has 3 nitrogen and oxygen atoms in total. The van der Waals surface area contributed by atoms with Gasteiger partial charge in [-0.25, -0.2) is 0 Å². The largest absolute Gasteiger partial charge is 0.318 e. The topological polar surface area (TPSA) is 32.3 Å². The first-order valence-electron chi connectivity index (χ1n) is 7.59. The molecule has 1 heterocycles. The molecule has 3 unspecified atom stereocenters. The average molecular weight is 272 g/mol. The van der Waals surface area contributed by atoms with E-state index in [9.17, 15) is 4.79 Å². The average Bonchev–Trinajstić information content (AvgIpc) is 2.90. The molecule has 1 saturated carbocycles. The highest BCUT2D eigenvalue weighted by atomic mass is 16.2. The van der Waals surface area contributed by atoms with Crippen LogP contribution in [0.4, 0.5) is 0 Å². The highest BCUT2D eigenvalue weighted by Crippen LogP contribution is 2.52. The molecule has 1 aliphatic heterocycles. The Bertz CT molecular complexity index is 520. The van der Waals surface area contributed by atoms with Crippen LogP contribution >= 0.6 is 0 Å². The number of rotatable bonds is 3. The van der Waals surface area contributed by atoms with Crippen LogP contribution in [0.3, 0.4) is 0 Å². The first-order valence-corrected chi connectivity index (χ1v) is 7.59. The summed E-state index contributed by atoms with van der Waals surface area (Å²) in [7, 11) is 0. The number of benzene rings is 1. The van der Waals surface area contributed by atoms with E-state index in [4.69, 9.17) is 0 Å². The van der Waals surface area contributed by atoms with E-state index < -0.39 is 0 Å². The fourth-order valence-electron chi connectivity index (χ4n) is 3.20. The molecule has 3 atom stereocenters. The van der Waals surface area contributed by atoms with Gasteiger partial charge in [-0.1, -0.05) is 50.6 Å². The van der Waals surface area contributed by atoms with Crippen molar-refractivity contribution in [3.8, 4) is 0 Å². The molecular weight excluding hydrogens is 248 g/mol. The van der Waals surface area contributed by atoms with Gasteiger partial charge < -0.3 is 4.90 Å². The van der Waals surface area contributed by atoms with Crippen LogP contribution in [-0.2, 0) is 4.79 Å². The van der Waals surface area contributed by atoms with Gasteiger partial charge >= 0.3 is 0 Å². The summed E-state index contributed by atoms with van der Waals surface area (Å²) in [5, 5.41) is 3.51. The molecule has 1 amide bonds. The van der Waals surface area contributed by atoms with Crippen molar-refractivity contribution in [2.75, 3.05) is 0 Å². The van der Waals surface area contributed by atoms with Crippen molar-refractivity contribution >= 4 is 5.91 Å². The zero-order chi connectivity index (χ0) is 14.5. The molecule has 108 valence electrons. The van der Waals surface area contributed by atoms with Crippen LogP contribution in [0.15, 0.2) is 24.3 Å². The van der Waals surface area contributed by atoms with Gasteiger partial charge in [-0.05, 0) is 30.7 Å². The Morgan fingerprint density at radius 3 is 2.40 bits per heavy atom. The zero-order valence-corrected chi connectivity index (χ0v) is 12.8. The van der Waals surface area contributed by atoms with E-state index >= 15 is 0 Å². The van der Waals surface area contributed by atoms with E-state index in [1.54, 1.807) is 0 Å². The summed E-state index contributed by atoms with van der Waals surface area (Å²) in [4.78, 5) is 14.7. The zero-order valence-electron chi connectivity index (χ0n) is 12.8. The summed E-state index contributed by atoms with van der Waals surface area (Å²) in [6.45, 7) is 8.66. The fraction of sp³-hybridized carbons (Fsp3) is 0.588. The SMILES string of the molecule is CCC1NC(c2ccc(C)cc2)N(C2CC2(C)C)C1=O. The second-order valence-corrected chi connectivity index (χ2v) is 6.89. The third kappa shape index (κ3) is 2.14. The summed E-state index contributed by atoms with van der Waals surface area (Å²) in [5.41, 5.74) is 2.72. The Balaban J connectivity index is 1.91. The molecule has 0 aromatic heterocycles. The summed E-state index contributed by atoms with van der Waals surface area (Å²) in [6, 6.07) is 8.87. The summed E-state index contributed by atoms with van der Waals surface area (Å²) < 4.78 is 0. The predicted octanol–water partition coefficient (Wildman–Crippen LogP) is 3.00. The van der Waals surface area contributed by atoms with E-state index in [1.165, 1.54) is 11.1 Å². The molecule has 3 rings (SSSR count). The Morgan fingerprint density at radius 1 is 1.30 bits per heavy atom. The smallest absolute Gasteiger partial charge is 0.241 e. The third-order valence-corrected chi connectivity index (χ3v) is 4.79. The van der Waals surface area contributed by atoms with Crippen molar-refractivity contribution in [3.05, 3.63) is 35.4 Å². The van der Waals surface area contributed by atoms with E-state index in [2.05, 4.69) is 62.2 Å². The molecule has 0 spiro atoms. The maximum Gasteiger partial charge on any atom is 0.241 e. The first-order chi connectivity index (χ1) is 9.44. The maximum absolute atomic E-state index is 12.6. The van der Waals surface area contributed by atoms with Crippen LogP contribution in [0.5, 0.6) is 0 Å². The van der Waals surface area contributed by atoms with Gasteiger partial charge in [-0.3, -0.25) is 10.1 Å². The number of amides is 1. The molecule has 2 aliphatic rings. The number of carbonyl (C=O) groups excluding carboxylic acids is 1. The van der Waals surface area contributed by atoms with Gasteiger partial charge in [0.1, 0.15) is 6.17 Å². The van der Waals surface area contributed by atoms with Crippen LogP contribution in [0, 0.1) is 12.3 Å². The molecule has 1 aromatic rings. The van der Waals surface area contributed by atoms with Crippen molar-refractivity contribution in [1.82, 2.24) is 10.2 Å². The van der Waals surface area contributed by atoms with Gasteiger partial charge in [0, 0.05) is 6.04 Å². The van der Waals surface area contributed by atoms with Crippen molar-refractivity contribution in [3.63, 3.8) is 0 Å². The second-order valence-electron chi connectivity index (χ2n) is 6.89. The Morgan fingerprint density at radius 2 is 1.90 bits per heavy atom. The quantitative estimate of drug-likeness (QED) is 0.917.